The van der Waals surface area contributed by atoms with E-state index in [1.165, 1.54) is 0 Å². The molecular weight excluding hydrogens is 413 g/mol. The average Bonchev–Trinajstić information content (AvgIpc) is 2.51. The number of nitrogens with zero attached hydrogens (tertiary/aromatic N) is 1. The number of hydrogen-bond donors (Lipinski definition) is 2. The minimum atomic E-state index is -0.994. The quantitative estimate of drug-likeness (QED) is 0.388. The van der Waals surface area contributed by atoms with E-state index in [0.29, 0.717) is 24.8 Å². The van der Waals surface area contributed by atoms with Crippen LogP contribution in [-0.2, 0) is 15.5 Å². The van der Waals surface area contributed by atoms with Gasteiger partial charge in [0.2, 0.25) is 0 Å². The van der Waals surface area contributed by atoms with Crippen molar-refractivity contribution in [2.45, 2.75) is 24.3 Å². The summed E-state index contributed by atoms with van der Waals surface area (Å²) in [4.78, 5) is 4.98. The molecule has 0 saturated heterocycles. The zero-order valence-corrected chi connectivity index (χ0v) is 16.7. The fraction of sp³-hybridized carbons (Fsp3) is 0.533. The number of rotatable bonds is 7. The maximum atomic E-state index is 12.1. The molecule has 1 unspecified atom stereocenters. The second kappa shape index (κ2) is 11.0. The van der Waals surface area contributed by atoms with Gasteiger partial charge in [0, 0.05) is 37.9 Å². The zero-order chi connectivity index (χ0) is 15.7. The number of hydrogen-bond acceptors (Lipinski definition) is 3. The molecule has 0 heterocycles. The first kappa shape index (κ1) is 21.3. The van der Waals surface area contributed by atoms with E-state index in [0.717, 1.165) is 4.90 Å². The van der Waals surface area contributed by atoms with Crippen molar-refractivity contribution in [2.24, 2.45) is 4.99 Å². The molecule has 0 bridgehead atoms. The molecule has 1 atom stereocenters. The third-order valence-corrected chi connectivity index (χ3v) is 4.42. The number of benzene rings is 1. The van der Waals surface area contributed by atoms with Crippen LogP contribution in [0.1, 0.15) is 13.8 Å². The molecule has 0 radical (unpaired) electrons. The molecule has 0 aliphatic rings. The molecule has 0 fully saturated rings. The van der Waals surface area contributed by atoms with E-state index in [2.05, 4.69) is 15.6 Å². The molecule has 1 rings (SSSR count). The Kier molecular flexibility index (Phi) is 10.6. The maximum absolute atomic E-state index is 12.1. The molecule has 0 aliphatic heterocycles. The average molecular weight is 439 g/mol. The molecule has 0 aromatic heterocycles. The van der Waals surface area contributed by atoms with Crippen LogP contribution in [0.3, 0.4) is 0 Å². The maximum Gasteiger partial charge on any atom is 0.191 e. The van der Waals surface area contributed by atoms with E-state index in [-0.39, 0.29) is 29.6 Å². The largest absolute Gasteiger partial charge is 0.377 e. The predicted octanol–water partition coefficient (Wildman–Crippen LogP) is 2.00. The van der Waals surface area contributed by atoms with E-state index in [4.69, 9.17) is 4.74 Å². The van der Waals surface area contributed by atoms with E-state index in [9.17, 15) is 4.21 Å². The number of aliphatic imine (C=N–C) groups is 1. The summed E-state index contributed by atoms with van der Waals surface area (Å²) >= 11 is 0. The lowest BCUT2D eigenvalue weighted by Gasteiger charge is -2.24. The van der Waals surface area contributed by atoms with Gasteiger partial charge >= 0.3 is 0 Å². The van der Waals surface area contributed by atoms with Gasteiger partial charge in [0.15, 0.2) is 5.96 Å². The molecule has 0 aliphatic carbocycles. The molecule has 2 N–H and O–H groups in total. The third-order valence-electron chi connectivity index (χ3n) is 3.04. The molecule has 0 saturated carbocycles. The van der Waals surface area contributed by atoms with Crippen LogP contribution in [0.2, 0.25) is 0 Å². The van der Waals surface area contributed by atoms with Gasteiger partial charge < -0.3 is 15.4 Å². The summed E-state index contributed by atoms with van der Waals surface area (Å²) in [5.74, 6) is 1.23. The van der Waals surface area contributed by atoms with Crippen LogP contribution >= 0.6 is 24.0 Å². The SMILES string of the molecule is CN=C(NCCS(=O)c1ccccc1)NCC(C)(C)OC.I. The summed E-state index contributed by atoms with van der Waals surface area (Å²) in [6, 6.07) is 9.47. The van der Waals surface area contributed by atoms with E-state index < -0.39 is 10.8 Å². The Bertz CT molecular complexity index is 481. The molecule has 22 heavy (non-hydrogen) atoms. The molecule has 1 aromatic carbocycles. The molecular formula is C15H26IN3O2S. The van der Waals surface area contributed by atoms with Gasteiger partial charge in [-0.3, -0.25) is 9.20 Å². The highest BCUT2D eigenvalue weighted by molar-refractivity contribution is 14.0. The highest BCUT2D eigenvalue weighted by atomic mass is 127. The van der Waals surface area contributed by atoms with Crippen LogP contribution in [0.25, 0.3) is 0 Å². The number of ether oxygens (including phenoxy) is 1. The van der Waals surface area contributed by atoms with Crippen molar-refractivity contribution in [2.75, 3.05) is 33.0 Å². The molecule has 0 spiro atoms. The van der Waals surface area contributed by atoms with Crippen LogP contribution < -0.4 is 10.6 Å². The standard InChI is InChI=1S/C15H25N3O2S.HI/c1-15(2,20-4)12-18-14(16-3)17-10-11-21(19)13-8-6-5-7-9-13;/h5-9H,10-12H2,1-4H3,(H2,16,17,18);1H. The lowest BCUT2D eigenvalue weighted by molar-refractivity contribution is 0.0268. The van der Waals surface area contributed by atoms with Crippen molar-refractivity contribution >= 4 is 40.7 Å². The van der Waals surface area contributed by atoms with Gasteiger partial charge in [0.05, 0.1) is 16.4 Å². The molecule has 126 valence electrons. The Morgan fingerprint density at radius 2 is 1.91 bits per heavy atom. The first-order valence-corrected chi connectivity index (χ1v) is 8.23. The van der Waals surface area contributed by atoms with Gasteiger partial charge in [-0.15, -0.1) is 24.0 Å². The highest BCUT2D eigenvalue weighted by Gasteiger charge is 2.16. The van der Waals surface area contributed by atoms with Crippen LogP contribution in [0.4, 0.5) is 0 Å². The summed E-state index contributed by atoms with van der Waals surface area (Å²) in [6.07, 6.45) is 0. The van der Waals surface area contributed by atoms with Crippen LogP contribution in [0.5, 0.6) is 0 Å². The highest BCUT2D eigenvalue weighted by Crippen LogP contribution is 2.05. The van der Waals surface area contributed by atoms with Crippen LogP contribution in [-0.4, -0.2) is 48.8 Å². The van der Waals surface area contributed by atoms with E-state index >= 15 is 0 Å². The van der Waals surface area contributed by atoms with Gasteiger partial charge in [0.1, 0.15) is 0 Å². The Balaban J connectivity index is 0.00000441. The zero-order valence-electron chi connectivity index (χ0n) is 13.6. The smallest absolute Gasteiger partial charge is 0.191 e. The van der Waals surface area contributed by atoms with Crippen LogP contribution in [0, 0.1) is 0 Å². The van der Waals surface area contributed by atoms with Gasteiger partial charge in [-0.05, 0) is 26.0 Å². The van der Waals surface area contributed by atoms with Crippen molar-refractivity contribution in [3.63, 3.8) is 0 Å². The number of nitrogens with one attached hydrogen (secondary N) is 2. The third kappa shape index (κ3) is 8.09. The van der Waals surface area contributed by atoms with E-state index in [1.54, 1.807) is 14.2 Å². The topological polar surface area (TPSA) is 62.7 Å². The second-order valence-electron chi connectivity index (χ2n) is 5.18. The lowest BCUT2D eigenvalue weighted by Crippen LogP contribution is -2.46. The summed E-state index contributed by atoms with van der Waals surface area (Å²) in [5, 5.41) is 6.35. The summed E-state index contributed by atoms with van der Waals surface area (Å²) < 4.78 is 17.4. The lowest BCUT2D eigenvalue weighted by atomic mass is 10.1. The van der Waals surface area contributed by atoms with Gasteiger partial charge in [-0.1, -0.05) is 18.2 Å². The summed E-state index contributed by atoms with van der Waals surface area (Å²) in [5.41, 5.74) is -0.259. The van der Waals surface area contributed by atoms with Crippen molar-refractivity contribution in [3.05, 3.63) is 30.3 Å². The number of methoxy groups -OCH3 is 1. The van der Waals surface area contributed by atoms with Gasteiger partial charge in [0.25, 0.3) is 0 Å². The fourth-order valence-corrected chi connectivity index (χ4v) is 2.53. The Morgan fingerprint density at radius 3 is 2.45 bits per heavy atom. The number of halogens is 1. The Hall–Kier alpha value is -0.670. The van der Waals surface area contributed by atoms with Crippen molar-refractivity contribution < 1.29 is 8.95 Å². The predicted molar refractivity (Wildman–Crippen MR) is 104 cm³/mol. The molecule has 0 amide bonds. The van der Waals surface area contributed by atoms with Gasteiger partial charge in [-0.25, -0.2) is 0 Å². The minimum Gasteiger partial charge on any atom is -0.377 e. The normalized spacial score (nSPS) is 13.2. The van der Waals surface area contributed by atoms with Crippen molar-refractivity contribution in [1.82, 2.24) is 10.6 Å². The first-order valence-electron chi connectivity index (χ1n) is 6.91. The Labute approximate surface area is 152 Å². The van der Waals surface area contributed by atoms with E-state index in [1.807, 2.05) is 44.2 Å². The summed E-state index contributed by atoms with van der Waals surface area (Å²) in [7, 11) is 2.40. The first-order chi connectivity index (χ1) is 9.98. The van der Waals surface area contributed by atoms with Crippen molar-refractivity contribution in [3.8, 4) is 0 Å². The Morgan fingerprint density at radius 1 is 1.27 bits per heavy atom. The molecule has 5 nitrogen and oxygen atoms in total. The number of guanidine groups is 1. The summed E-state index contributed by atoms with van der Waals surface area (Å²) in [6.45, 7) is 5.23. The van der Waals surface area contributed by atoms with Gasteiger partial charge in [-0.2, -0.15) is 0 Å². The molecule has 7 heteroatoms. The molecule has 1 aromatic rings. The monoisotopic (exact) mass is 439 g/mol. The minimum absolute atomic E-state index is 0. The van der Waals surface area contributed by atoms with Crippen LogP contribution in [0.15, 0.2) is 40.2 Å². The second-order valence-corrected chi connectivity index (χ2v) is 6.75. The van der Waals surface area contributed by atoms with Crippen molar-refractivity contribution in [1.29, 1.82) is 0 Å². The fourth-order valence-electron chi connectivity index (χ4n) is 1.54.